The van der Waals surface area contributed by atoms with E-state index >= 15 is 0 Å². The second-order valence-corrected chi connectivity index (χ2v) is 6.34. The van der Waals surface area contributed by atoms with Crippen LogP contribution in [-0.2, 0) is 14.6 Å². The summed E-state index contributed by atoms with van der Waals surface area (Å²) in [5.41, 5.74) is 4.63. The fraction of sp³-hybridized carbons (Fsp3) is 0.875. The molecule has 0 fully saturated rings. The summed E-state index contributed by atoms with van der Waals surface area (Å²) in [6, 6.07) is 0. The Morgan fingerprint density at radius 3 is 2.14 bits per heavy atom. The highest BCUT2D eigenvalue weighted by atomic mass is 32.2. The van der Waals surface area contributed by atoms with Gasteiger partial charge in [0.25, 0.3) is 0 Å². The van der Waals surface area contributed by atoms with E-state index in [1.807, 2.05) is 0 Å². The lowest BCUT2D eigenvalue weighted by Crippen LogP contribution is -2.50. The molecule has 0 aliphatic carbocycles. The van der Waals surface area contributed by atoms with E-state index in [2.05, 4.69) is 0 Å². The Morgan fingerprint density at radius 1 is 1.43 bits per heavy atom. The maximum absolute atomic E-state index is 11.5. The lowest BCUT2D eigenvalue weighted by atomic mass is 10.1. The van der Waals surface area contributed by atoms with Crippen molar-refractivity contribution in [1.29, 1.82) is 0 Å². The number of hydrogen-bond acceptors (Lipinski definition) is 4. The van der Waals surface area contributed by atoms with Crippen molar-refractivity contribution < 1.29 is 13.2 Å². The van der Waals surface area contributed by atoms with Gasteiger partial charge in [0.05, 0.1) is 11.3 Å². The Labute approximate surface area is 85.2 Å². The first kappa shape index (κ1) is 13.4. The molecule has 0 rings (SSSR count). The number of amides is 1. The fourth-order valence-corrected chi connectivity index (χ4v) is 1.50. The van der Waals surface area contributed by atoms with Crippen LogP contribution in [0.4, 0.5) is 0 Å². The van der Waals surface area contributed by atoms with E-state index in [9.17, 15) is 13.2 Å². The summed E-state index contributed by atoms with van der Waals surface area (Å²) in [5, 5.41) is 0. The Hall–Kier alpha value is -0.620. The Bertz CT molecular complexity index is 303. The van der Waals surface area contributed by atoms with Gasteiger partial charge in [-0.1, -0.05) is 0 Å². The van der Waals surface area contributed by atoms with E-state index in [-0.39, 0.29) is 18.2 Å². The molecule has 1 amide bonds. The summed E-state index contributed by atoms with van der Waals surface area (Å²) < 4.78 is 21.7. The van der Waals surface area contributed by atoms with Gasteiger partial charge in [-0.15, -0.1) is 0 Å². The predicted molar refractivity (Wildman–Crippen MR) is 55.6 cm³/mol. The van der Waals surface area contributed by atoms with E-state index < -0.39 is 15.4 Å². The molecule has 0 atom stereocenters. The maximum atomic E-state index is 11.5. The molecule has 5 nitrogen and oxygen atoms in total. The molecular weight excluding hydrogens is 204 g/mol. The highest BCUT2D eigenvalue weighted by Gasteiger charge is 2.25. The first-order chi connectivity index (χ1) is 6.04. The average Bonchev–Trinajstić information content (AvgIpc) is 1.95. The smallest absolute Gasteiger partial charge is 0.241 e. The molecule has 84 valence electrons. The summed E-state index contributed by atoms with van der Waals surface area (Å²) in [6.45, 7) is 3.36. The minimum Gasteiger partial charge on any atom is -0.343 e. The van der Waals surface area contributed by atoms with E-state index in [4.69, 9.17) is 5.73 Å². The van der Waals surface area contributed by atoms with Gasteiger partial charge in [-0.05, 0) is 13.8 Å². The fourth-order valence-electron chi connectivity index (χ4n) is 0.896. The van der Waals surface area contributed by atoms with Crippen LogP contribution in [0.25, 0.3) is 0 Å². The molecule has 0 aliphatic heterocycles. The Balaban J connectivity index is 4.24. The van der Waals surface area contributed by atoms with Crippen LogP contribution in [0, 0.1) is 0 Å². The summed E-state index contributed by atoms with van der Waals surface area (Å²) in [4.78, 5) is 12.8. The van der Waals surface area contributed by atoms with Gasteiger partial charge in [-0.3, -0.25) is 4.79 Å². The molecule has 0 aromatic heterocycles. The van der Waals surface area contributed by atoms with Crippen LogP contribution >= 0.6 is 0 Å². The second kappa shape index (κ2) is 4.27. The molecule has 6 heteroatoms. The van der Waals surface area contributed by atoms with Crippen molar-refractivity contribution in [2.45, 2.75) is 19.4 Å². The molecule has 2 N–H and O–H groups in total. The highest BCUT2D eigenvalue weighted by molar-refractivity contribution is 7.90. The summed E-state index contributed by atoms with van der Waals surface area (Å²) in [5.74, 6) is -0.299. The van der Waals surface area contributed by atoms with Crippen LogP contribution < -0.4 is 5.73 Å². The molecule has 0 aromatic rings. The molecule has 0 heterocycles. The van der Waals surface area contributed by atoms with Crippen molar-refractivity contribution in [3.63, 3.8) is 0 Å². The third-order valence-corrected chi connectivity index (χ3v) is 2.62. The van der Waals surface area contributed by atoms with Crippen LogP contribution in [0.2, 0.25) is 0 Å². The first-order valence-electron chi connectivity index (χ1n) is 4.26. The number of carbonyl (C=O) groups is 1. The van der Waals surface area contributed by atoms with Crippen LogP contribution in [0.3, 0.4) is 0 Å². The van der Waals surface area contributed by atoms with Gasteiger partial charge in [0.15, 0.2) is 0 Å². The number of carbonyl (C=O) groups excluding carboxylic acids is 1. The minimum absolute atomic E-state index is 0.0364. The normalized spacial score (nSPS) is 12.6. The SMILES string of the molecule is CN(CCS(C)(=O)=O)C(=O)C(C)(C)N. The van der Waals surface area contributed by atoms with Gasteiger partial charge in [-0.2, -0.15) is 0 Å². The molecule has 14 heavy (non-hydrogen) atoms. The monoisotopic (exact) mass is 222 g/mol. The van der Waals surface area contributed by atoms with E-state index in [0.29, 0.717) is 0 Å². The quantitative estimate of drug-likeness (QED) is 0.677. The lowest BCUT2D eigenvalue weighted by molar-refractivity contribution is -0.134. The van der Waals surface area contributed by atoms with Gasteiger partial charge in [0, 0.05) is 19.8 Å². The van der Waals surface area contributed by atoms with Gasteiger partial charge in [-0.25, -0.2) is 8.42 Å². The lowest BCUT2D eigenvalue weighted by Gasteiger charge is -2.25. The van der Waals surface area contributed by atoms with Crippen LogP contribution in [0.15, 0.2) is 0 Å². The number of nitrogens with zero attached hydrogens (tertiary/aromatic N) is 1. The number of hydrogen-bond donors (Lipinski definition) is 1. The summed E-state index contributed by atoms with van der Waals surface area (Å²) >= 11 is 0. The number of sulfone groups is 1. The van der Waals surface area contributed by atoms with Crippen LogP contribution in [0.5, 0.6) is 0 Å². The predicted octanol–water partition coefficient (Wildman–Crippen LogP) is -0.773. The number of rotatable bonds is 4. The number of likely N-dealkylation sites (N-methyl/N-ethyl adjacent to an activating group) is 1. The highest BCUT2D eigenvalue weighted by Crippen LogP contribution is 2.02. The largest absolute Gasteiger partial charge is 0.343 e. The van der Waals surface area contributed by atoms with Crippen molar-refractivity contribution in [3.8, 4) is 0 Å². The maximum Gasteiger partial charge on any atom is 0.241 e. The first-order valence-corrected chi connectivity index (χ1v) is 6.32. The average molecular weight is 222 g/mol. The third kappa shape index (κ3) is 5.18. The summed E-state index contributed by atoms with van der Waals surface area (Å²) in [6.07, 6.45) is 1.14. The minimum atomic E-state index is -3.03. The van der Waals surface area contributed by atoms with E-state index in [0.717, 1.165) is 6.26 Å². The van der Waals surface area contributed by atoms with E-state index in [1.165, 1.54) is 4.90 Å². The molecule has 0 saturated heterocycles. The molecule has 0 aromatic carbocycles. The molecule has 0 unspecified atom stereocenters. The van der Waals surface area contributed by atoms with Gasteiger partial charge >= 0.3 is 0 Å². The molecule has 0 bridgehead atoms. The summed E-state index contributed by atoms with van der Waals surface area (Å²) in [7, 11) is -1.49. The van der Waals surface area contributed by atoms with Crippen molar-refractivity contribution >= 4 is 15.7 Å². The van der Waals surface area contributed by atoms with Crippen LogP contribution in [-0.4, -0.2) is 50.4 Å². The molecule has 0 saturated carbocycles. The van der Waals surface area contributed by atoms with Crippen molar-refractivity contribution in [2.75, 3.05) is 25.6 Å². The Morgan fingerprint density at radius 2 is 1.86 bits per heavy atom. The zero-order chi connectivity index (χ0) is 11.6. The molecule has 0 radical (unpaired) electrons. The van der Waals surface area contributed by atoms with Crippen molar-refractivity contribution in [3.05, 3.63) is 0 Å². The zero-order valence-corrected chi connectivity index (χ0v) is 9.89. The molecule has 0 aliphatic rings. The van der Waals surface area contributed by atoms with Crippen molar-refractivity contribution in [1.82, 2.24) is 4.90 Å². The zero-order valence-electron chi connectivity index (χ0n) is 9.07. The standard InChI is InChI=1S/C8H18N2O3S/c1-8(2,9)7(11)10(3)5-6-14(4,12)13/h5-6,9H2,1-4H3. The third-order valence-electron chi connectivity index (χ3n) is 1.70. The molecular formula is C8H18N2O3S. The van der Waals surface area contributed by atoms with Gasteiger partial charge in [0.2, 0.25) is 5.91 Å². The topological polar surface area (TPSA) is 80.5 Å². The Kier molecular flexibility index (Phi) is 4.08. The van der Waals surface area contributed by atoms with Gasteiger partial charge in [0.1, 0.15) is 9.84 Å². The number of nitrogens with two attached hydrogens (primary N) is 1. The van der Waals surface area contributed by atoms with Crippen molar-refractivity contribution in [2.24, 2.45) is 5.73 Å². The van der Waals surface area contributed by atoms with Crippen LogP contribution in [0.1, 0.15) is 13.8 Å². The molecule has 0 spiro atoms. The van der Waals surface area contributed by atoms with Gasteiger partial charge < -0.3 is 10.6 Å². The van der Waals surface area contributed by atoms with E-state index in [1.54, 1.807) is 20.9 Å². The second-order valence-electron chi connectivity index (χ2n) is 4.08.